The molecule has 0 aliphatic rings. The predicted molar refractivity (Wildman–Crippen MR) is 52.1 cm³/mol. The zero-order valence-corrected chi connectivity index (χ0v) is 9.11. The summed E-state index contributed by atoms with van der Waals surface area (Å²) in [6.45, 7) is 4.31. The van der Waals surface area contributed by atoms with Gasteiger partial charge in [-0.3, -0.25) is 0 Å². The van der Waals surface area contributed by atoms with Gasteiger partial charge in [-0.25, -0.2) is 9.59 Å². The fourth-order valence-corrected chi connectivity index (χ4v) is 0.842. The average Bonchev–Trinajstić information content (AvgIpc) is 2.00. The van der Waals surface area contributed by atoms with E-state index in [0.29, 0.717) is 0 Å². The Morgan fingerprint density at radius 2 is 1.80 bits per heavy atom. The summed E-state index contributed by atoms with van der Waals surface area (Å²) in [5.74, 6) is -2.55. The molecule has 4 N–H and O–H groups in total. The number of aliphatic carboxylic acids is 1. The van der Waals surface area contributed by atoms with Crippen LogP contribution in [-0.4, -0.2) is 39.9 Å². The smallest absolute Gasteiger partial charge is 0.338 e. The number of carboxylic acid groups (broad SMARTS) is 1. The molecule has 15 heavy (non-hydrogen) atoms. The van der Waals surface area contributed by atoms with E-state index in [2.05, 4.69) is 0 Å². The number of aliphatic hydroxyl groups is 1. The van der Waals surface area contributed by atoms with E-state index in [0.717, 1.165) is 0 Å². The third kappa shape index (κ3) is 3.85. The average molecular weight is 219 g/mol. The molecule has 0 saturated heterocycles. The molecule has 0 aromatic rings. The molecule has 0 aliphatic heterocycles. The molecule has 0 heterocycles. The zero-order valence-electron chi connectivity index (χ0n) is 9.11. The molecular formula is C9H17NO5. The molecule has 1 unspecified atom stereocenters. The van der Waals surface area contributed by atoms with Gasteiger partial charge in [-0.05, 0) is 20.8 Å². The molecule has 0 saturated carbocycles. The molecule has 0 rings (SSSR count). The number of carbonyl (C=O) groups excluding carboxylic acids is 1. The molecule has 0 spiro atoms. The van der Waals surface area contributed by atoms with Gasteiger partial charge in [0.25, 0.3) is 0 Å². The summed E-state index contributed by atoms with van der Waals surface area (Å²) in [5, 5.41) is 17.4. The van der Waals surface area contributed by atoms with Gasteiger partial charge >= 0.3 is 11.9 Å². The van der Waals surface area contributed by atoms with E-state index >= 15 is 0 Å². The van der Waals surface area contributed by atoms with Crippen molar-refractivity contribution in [2.45, 2.75) is 38.3 Å². The minimum absolute atomic E-state index is 0.378. The topological polar surface area (TPSA) is 110 Å². The number of rotatable bonds is 4. The van der Waals surface area contributed by atoms with Crippen LogP contribution in [0.25, 0.3) is 0 Å². The van der Waals surface area contributed by atoms with E-state index in [9.17, 15) is 9.59 Å². The molecule has 0 fully saturated rings. The highest BCUT2D eigenvalue weighted by atomic mass is 16.6. The van der Waals surface area contributed by atoms with Crippen LogP contribution in [0.2, 0.25) is 0 Å². The lowest BCUT2D eigenvalue weighted by molar-refractivity contribution is -0.169. The van der Waals surface area contributed by atoms with Crippen molar-refractivity contribution in [1.29, 1.82) is 0 Å². The lowest BCUT2D eigenvalue weighted by atomic mass is 9.97. The number of aliphatic hydroxyl groups excluding tert-OH is 1. The van der Waals surface area contributed by atoms with Crippen LogP contribution in [-0.2, 0) is 14.3 Å². The minimum Gasteiger partial charge on any atom is -0.479 e. The van der Waals surface area contributed by atoms with Crippen molar-refractivity contribution in [2.24, 2.45) is 5.73 Å². The molecule has 0 aliphatic carbocycles. The van der Waals surface area contributed by atoms with Crippen LogP contribution in [0.5, 0.6) is 0 Å². The molecule has 0 radical (unpaired) electrons. The monoisotopic (exact) mass is 219 g/mol. The van der Waals surface area contributed by atoms with Crippen molar-refractivity contribution in [3.05, 3.63) is 0 Å². The number of hydrogen-bond donors (Lipinski definition) is 3. The molecule has 6 heteroatoms. The second-order valence-corrected chi connectivity index (χ2v) is 4.25. The van der Waals surface area contributed by atoms with Crippen LogP contribution in [0, 0.1) is 0 Å². The van der Waals surface area contributed by atoms with Gasteiger partial charge in [-0.1, -0.05) is 0 Å². The quantitative estimate of drug-likeness (QED) is 0.434. The second kappa shape index (κ2) is 4.59. The molecule has 0 bridgehead atoms. The summed E-state index contributed by atoms with van der Waals surface area (Å²) in [6.07, 6.45) is -0.378. The van der Waals surface area contributed by atoms with Crippen LogP contribution in [0.4, 0.5) is 0 Å². The first-order chi connectivity index (χ1) is 6.63. The largest absolute Gasteiger partial charge is 0.479 e. The molecular weight excluding hydrogens is 202 g/mol. The van der Waals surface area contributed by atoms with Gasteiger partial charge in [0.15, 0.2) is 0 Å². The van der Waals surface area contributed by atoms with Crippen LogP contribution in [0.1, 0.15) is 27.2 Å². The summed E-state index contributed by atoms with van der Waals surface area (Å²) in [4.78, 5) is 22.3. The highest BCUT2D eigenvalue weighted by Gasteiger charge is 2.44. The van der Waals surface area contributed by atoms with Crippen LogP contribution in [0.15, 0.2) is 0 Å². The number of ether oxygens (including phenoxy) is 1. The van der Waals surface area contributed by atoms with E-state index in [-0.39, 0.29) is 6.42 Å². The maximum absolute atomic E-state index is 11.5. The molecule has 0 aromatic heterocycles. The first-order valence-corrected chi connectivity index (χ1v) is 4.50. The molecule has 88 valence electrons. The van der Waals surface area contributed by atoms with Gasteiger partial charge in [0.2, 0.25) is 5.54 Å². The number of carbonyl (C=O) groups is 2. The second-order valence-electron chi connectivity index (χ2n) is 4.25. The van der Waals surface area contributed by atoms with Crippen LogP contribution in [0.3, 0.4) is 0 Å². The number of esters is 1. The summed E-state index contributed by atoms with van der Waals surface area (Å²) >= 11 is 0. The standard InChI is InChI=1S/C9H17NO5/c1-8(2,3)15-7(14)9(10,4-5-11)6(12)13/h11H,4-5,10H2,1-3H3,(H,12,13). The first-order valence-electron chi connectivity index (χ1n) is 4.50. The van der Waals surface area contributed by atoms with Crippen molar-refractivity contribution < 1.29 is 24.5 Å². The number of carboxylic acids is 1. The Hall–Kier alpha value is -1.14. The third-order valence-corrected chi connectivity index (χ3v) is 1.65. The van der Waals surface area contributed by atoms with E-state index in [1.807, 2.05) is 0 Å². The third-order valence-electron chi connectivity index (χ3n) is 1.65. The Morgan fingerprint density at radius 3 is 2.07 bits per heavy atom. The van der Waals surface area contributed by atoms with Gasteiger partial charge in [-0.2, -0.15) is 0 Å². The van der Waals surface area contributed by atoms with Crippen molar-refractivity contribution >= 4 is 11.9 Å². The van der Waals surface area contributed by atoms with E-state index in [1.165, 1.54) is 0 Å². The number of hydrogen-bond acceptors (Lipinski definition) is 5. The fourth-order valence-electron chi connectivity index (χ4n) is 0.842. The van der Waals surface area contributed by atoms with E-state index in [1.54, 1.807) is 20.8 Å². The maximum atomic E-state index is 11.5. The van der Waals surface area contributed by atoms with Crippen molar-refractivity contribution in [3.63, 3.8) is 0 Å². The van der Waals surface area contributed by atoms with E-state index < -0.39 is 29.7 Å². The highest BCUT2D eigenvalue weighted by Crippen LogP contribution is 2.15. The Labute approximate surface area is 88.0 Å². The molecule has 1 atom stereocenters. The van der Waals surface area contributed by atoms with E-state index in [4.69, 9.17) is 20.7 Å². The molecule has 0 aromatic carbocycles. The van der Waals surface area contributed by atoms with Gasteiger partial charge in [-0.15, -0.1) is 0 Å². The maximum Gasteiger partial charge on any atom is 0.338 e. The van der Waals surface area contributed by atoms with Gasteiger partial charge in [0, 0.05) is 13.0 Å². The summed E-state index contributed by atoms with van der Waals surface area (Å²) in [5.41, 5.74) is 2.38. The summed E-state index contributed by atoms with van der Waals surface area (Å²) < 4.78 is 4.86. The van der Waals surface area contributed by atoms with Gasteiger partial charge < -0.3 is 20.7 Å². The Kier molecular flexibility index (Phi) is 4.24. The summed E-state index contributed by atoms with van der Waals surface area (Å²) in [6, 6.07) is 0. The SMILES string of the molecule is CC(C)(C)OC(=O)C(N)(CCO)C(=O)O. The molecule has 0 amide bonds. The van der Waals surface area contributed by atoms with Crippen molar-refractivity contribution in [2.75, 3.05) is 6.61 Å². The van der Waals surface area contributed by atoms with Crippen LogP contribution >= 0.6 is 0 Å². The molecule has 6 nitrogen and oxygen atoms in total. The minimum atomic E-state index is -2.18. The predicted octanol–water partition coefficient (Wildman–Crippen LogP) is -0.507. The normalized spacial score (nSPS) is 15.5. The fraction of sp³-hybridized carbons (Fsp3) is 0.778. The van der Waals surface area contributed by atoms with Gasteiger partial charge in [0.1, 0.15) is 5.60 Å². The van der Waals surface area contributed by atoms with Crippen LogP contribution < -0.4 is 5.73 Å². The lowest BCUT2D eigenvalue weighted by Crippen LogP contribution is -2.57. The summed E-state index contributed by atoms with van der Waals surface area (Å²) in [7, 11) is 0. The lowest BCUT2D eigenvalue weighted by Gasteiger charge is -2.27. The Morgan fingerprint density at radius 1 is 1.33 bits per heavy atom. The van der Waals surface area contributed by atoms with Gasteiger partial charge in [0.05, 0.1) is 0 Å². The number of nitrogens with two attached hydrogens (primary N) is 1. The highest BCUT2D eigenvalue weighted by molar-refractivity contribution is 6.03. The Balaban J connectivity index is 4.79. The zero-order chi connectivity index (χ0) is 12.3. The van der Waals surface area contributed by atoms with Crippen molar-refractivity contribution in [3.8, 4) is 0 Å². The first kappa shape index (κ1) is 13.9. The van der Waals surface area contributed by atoms with Crippen molar-refractivity contribution in [1.82, 2.24) is 0 Å². The Bertz CT molecular complexity index is 258.